The lowest BCUT2D eigenvalue weighted by Gasteiger charge is -2.25. The van der Waals surface area contributed by atoms with E-state index >= 15 is 0 Å². The van der Waals surface area contributed by atoms with Gasteiger partial charge < -0.3 is 5.32 Å². The minimum Gasteiger partial charge on any atom is -0.344 e. The Balaban J connectivity index is 0.986. The van der Waals surface area contributed by atoms with Gasteiger partial charge in [0, 0.05) is 53.2 Å². The van der Waals surface area contributed by atoms with Crippen molar-refractivity contribution in [3.05, 3.63) is 211 Å². The first-order valence-corrected chi connectivity index (χ1v) is 20.8. The van der Waals surface area contributed by atoms with E-state index in [4.69, 9.17) is 15.0 Å². The standard InChI is InChI=1S/C54H34N4S/c1-3-13-34(14-4-1)51-50-43(42-21-11-12-22-46(42)55-51)28-30-48-49(50)45-31-37(27-29-47(45)59-48)33-23-25-36(26-24-33)53-56-52(35-15-5-2-6-16-35)57-54(58-53)44-32-38-17-7-8-18-39(38)40-19-9-10-20-41(40)44/h1-32,54H,(H,56,57,58). The largest absolute Gasteiger partial charge is 0.344 e. The fourth-order valence-electron chi connectivity index (χ4n) is 8.90. The number of thiophene rings is 1. The zero-order valence-electron chi connectivity index (χ0n) is 31.8. The molecule has 1 unspecified atom stereocenters. The van der Waals surface area contributed by atoms with Gasteiger partial charge in [-0.25, -0.2) is 15.0 Å². The normalized spacial score (nSPS) is 14.3. The van der Waals surface area contributed by atoms with Crippen molar-refractivity contribution >= 4 is 86.4 Å². The summed E-state index contributed by atoms with van der Waals surface area (Å²) in [7, 11) is 0. The van der Waals surface area contributed by atoms with Gasteiger partial charge in [0.15, 0.2) is 5.84 Å². The Morgan fingerprint density at radius 3 is 1.88 bits per heavy atom. The van der Waals surface area contributed by atoms with E-state index in [0.29, 0.717) is 5.84 Å². The van der Waals surface area contributed by atoms with Crippen molar-refractivity contribution in [2.45, 2.75) is 6.17 Å². The summed E-state index contributed by atoms with van der Waals surface area (Å²) < 4.78 is 2.53. The fourth-order valence-corrected chi connectivity index (χ4v) is 10.00. The number of hydrogen-bond acceptors (Lipinski definition) is 5. The Kier molecular flexibility index (Phi) is 7.75. The number of rotatable bonds is 5. The molecule has 0 saturated heterocycles. The van der Waals surface area contributed by atoms with Gasteiger partial charge in [-0.05, 0) is 68.4 Å². The van der Waals surface area contributed by atoms with Crippen LogP contribution in [0.5, 0.6) is 0 Å². The van der Waals surface area contributed by atoms with E-state index < -0.39 is 0 Å². The van der Waals surface area contributed by atoms with E-state index in [-0.39, 0.29) is 6.17 Å². The number of aliphatic imine (C=N–C) groups is 2. The lowest BCUT2D eigenvalue weighted by molar-refractivity contribution is 0.680. The van der Waals surface area contributed by atoms with Crippen LogP contribution in [0.3, 0.4) is 0 Å². The number of nitrogens with zero attached hydrogens (tertiary/aromatic N) is 3. The van der Waals surface area contributed by atoms with Gasteiger partial charge in [-0.1, -0.05) is 164 Å². The predicted octanol–water partition coefficient (Wildman–Crippen LogP) is 13.9. The molecule has 1 atom stereocenters. The first-order valence-electron chi connectivity index (χ1n) is 20.0. The summed E-state index contributed by atoms with van der Waals surface area (Å²) in [4.78, 5) is 15.8. The minimum absolute atomic E-state index is 0.330. The van der Waals surface area contributed by atoms with E-state index in [2.05, 4.69) is 193 Å². The third-order valence-corrected chi connectivity index (χ3v) is 12.8. The maximum Gasteiger partial charge on any atom is 0.159 e. The Morgan fingerprint density at radius 2 is 1.07 bits per heavy atom. The van der Waals surface area contributed by atoms with Crippen molar-refractivity contribution in [3.8, 4) is 22.4 Å². The molecule has 5 heteroatoms. The summed E-state index contributed by atoms with van der Waals surface area (Å²) in [6, 6.07) is 69.1. The lowest BCUT2D eigenvalue weighted by atomic mass is 9.95. The number of para-hydroxylation sites is 1. The molecule has 2 aromatic heterocycles. The summed E-state index contributed by atoms with van der Waals surface area (Å²) in [5, 5.41) is 14.6. The number of amidine groups is 2. The second kappa shape index (κ2) is 13.6. The zero-order chi connectivity index (χ0) is 38.9. The van der Waals surface area contributed by atoms with Crippen LogP contribution in [0.1, 0.15) is 22.9 Å². The molecule has 0 aliphatic carbocycles. The number of pyridine rings is 1. The first kappa shape index (κ1) is 33.6. The number of nitrogens with one attached hydrogen (secondary N) is 1. The molecule has 3 heterocycles. The van der Waals surface area contributed by atoms with E-state index in [9.17, 15) is 0 Å². The average Bonchev–Trinajstić information content (AvgIpc) is 3.70. The number of aromatic nitrogens is 1. The molecule has 12 rings (SSSR count). The molecule has 0 amide bonds. The fraction of sp³-hybridized carbons (Fsp3) is 0.0185. The van der Waals surface area contributed by atoms with Crippen molar-refractivity contribution < 1.29 is 0 Å². The third kappa shape index (κ3) is 5.62. The Labute approximate surface area is 344 Å². The molecule has 9 aromatic carbocycles. The molecule has 1 aliphatic heterocycles. The molecular formula is C54H34N4S. The molecule has 0 radical (unpaired) electrons. The van der Waals surface area contributed by atoms with Crippen LogP contribution < -0.4 is 5.32 Å². The van der Waals surface area contributed by atoms with E-state index in [1.807, 2.05) is 17.4 Å². The van der Waals surface area contributed by atoms with Crippen molar-refractivity contribution in [2.24, 2.45) is 9.98 Å². The predicted molar refractivity (Wildman–Crippen MR) is 250 cm³/mol. The van der Waals surface area contributed by atoms with Crippen LogP contribution in [0.25, 0.3) is 85.8 Å². The van der Waals surface area contributed by atoms with Crippen LogP contribution in [0.2, 0.25) is 0 Å². The maximum absolute atomic E-state index is 5.32. The van der Waals surface area contributed by atoms with Crippen molar-refractivity contribution in [2.75, 3.05) is 0 Å². The van der Waals surface area contributed by atoms with Gasteiger partial charge in [-0.3, -0.25) is 0 Å². The monoisotopic (exact) mass is 770 g/mol. The summed E-state index contributed by atoms with van der Waals surface area (Å²) in [5.41, 5.74) is 8.57. The van der Waals surface area contributed by atoms with E-state index in [1.54, 1.807) is 0 Å². The first-order chi connectivity index (χ1) is 29.2. The molecule has 0 spiro atoms. The average molecular weight is 771 g/mol. The molecule has 1 N–H and O–H groups in total. The molecule has 11 aromatic rings. The highest BCUT2D eigenvalue weighted by atomic mass is 32.1. The van der Waals surface area contributed by atoms with E-state index in [0.717, 1.165) is 50.4 Å². The molecular weight excluding hydrogens is 737 g/mol. The summed E-state index contributed by atoms with van der Waals surface area (Å²) in [6.07, 6.45) is -0.330. The van der Waals surface area contributed by atoms with Crippen LogP contribution >= 0.6 is 11.3 Å². The minimum atomic E-state index is -0.330. The smallest absolute Gasteiger partial charge is 0.159 e. The molecule has 0 bridgehead atoms. The van der Waals surface area contributed by atoms with Gasteiger partial charge in [0.25, 0.3) is 0 Å². The van der Waals surface area contributed by atoms with Gasteiger partial charge in [-0.2, -0.15) is 0 Å². The summed E-state index contributed by atoms with van der Waals surface area (Å²) in [5.74, 6) is 1.51. The van der Waals surface area contributed by atoms with Gasteiger partial charge in [0.1, 0.15) is 12.0 Å². The molecule has 1 aliphatic rings. The zero-order valence-corrected chi connectivity index (χ0v) is 32.6. The van der Waals surface area contributed by atoms with Gasteiger partial charge in [-0.15, -0.1) is 11.3 Å². The summed E-state index contributed by atoms with van der Waals surface area (Å²) >= 11 is 1.84. The molecule has 59 heavy (non-hydrogen) atoms. The SMILES string of the molecule is c1ccc(C2=NC(c3ccc(-c4ccc5sc6ccc7c8ccccc8nc(-c8ccccc8)c7c6c5c4)cc3)=NC(c3cc4ccccc4c4ccccc34)N2)cc1. The molecule has 0 saturated carbocycles. The van der Waals surface area contributed by atoms with Crippen LogP contribution in [0, 0.1) is 0 Å². The van der Waals surface area contributed by atoms with Crippen molar-refractivity contribution in [3.63, 3.8) is 0 Å². The Bertz CT molecular complexity index is 3510. The highest BCUT2D eigenvalue weighted by molar-refractivity contribution is 7.26. The second-order valence-corrected chi connectivity index (χ2v) is 16.2. The quantitative estimate of drug-likeness (QED) is 0.177. The topological polar surface area (TPSA) is 49.6 Å². The molecule has 0 fully saturated rings. The Hall–Kier alpha value is -7.47. The van der Waals surface area contributed by atoms with Gasteiger partial charge in [0.2, 0.25) is 0 Å². The van der Waals surface area contributed by atoms with Gasteiger partial charge in [0.05, 0.1) is 11.2 Å². The Morgan fingerprint density at radius 1 is 0.424 bits per heavy atom. The highest BCUT2D eigenvalue weighted by Gasteiger charge is 2.24. The number of fused-ring (bicyclic) bond motifs is 10. The van der Waals surface area contributed by atoms with E-state index in [1.165, 1.54) is 57.9 Å². The lowest BCUT2D eigenvalue weighted by Crippen LogP contribution is -2.33. The third-order valence-electron chi connectivity index (χ3n) is 11.7. The van der Waals surface area contributed by atoms with Crippen molar-refractivity contribution in [1.82, 2.24) is 10.3 Å². The van der Waals surface area contributed by atoms with Crippen LogP contribution in [-0.4, -0.2) is 16.7 Å². The summed E-state index contributed by atoms with van der Waals surface area (Å²) in [6.45, 7) is 0. The maximum atomic E-state index is 5.32. The number of benzene rings is 9. The highest BCUT2D eigenvalue weighted by Crippen LogP contribution is 2.45. The van der Waals surface area contributed by atoms with Crippen molar-refractivity contribution in [1.29, 1.82) is 0 Å². The van der Waals surface area contributed by atoms with Gasteiger partial charge >= 0.3 is 0 Å². The molecule has 4 nitrogen and oxygen atoms in total. The second-order valence-electron chi connectivity index (χ2n) is 15.2. The molecule has 276 valence electrons. The van der Waals surface area contributed by atoms with Crippen LogP contribution in [0.15, 0.2) is 204 Å². The van der Waals surface area contributed by atoms with Crippen LogP contribution in [0.4, 0.5) is 0 Å². The number of hydrogen-bond donors (Lipinski definition) is 1. The van der Waals surface area contributed by atoms with Crippen LogP contribution in [-0.2, 0) is 0 Å².